The van der Waals surface area contributed by atoms with E-state index in [-0.39, 0.29) is 21.7 Å². The molecule has 0 radical (unpaired) electrons. The van der Waals surface area contributed by atoms with Crippen LogP contribution in [-0.2, 0) is 21.7 Å². The summed E-state index contributed by atoms with van der Waals surface area (Å²) in [4.78, 5) is 18.7. The van der Waals surface area contributed by atoms with E-state index >= 15 is 0 Å². The lowest BCUT2D eigenvalue weighted by Gasteiger charge is -2.26. The molecule has 0 amide bonds. The average molecular weight is 842 g/mol. The molecule has 59 heavy (non-hydrogen) atoms. The Morgan fingerprint density at radius 2 is 0.695 bits per heavy atom. The lowest BCUT2D eigenvalue weighted by Crippen LogP contribution is -2.16. The molecule has 5 heteroatoms. The Kier molecular flexibility index (Phi) is 9.94. The Hall–Kier alpha value is -5.26. The summed E-state index contributed by atoms with van der Waals surface area (Å²) in [6.07, 6.45) is 8.64. The van der Waals surface area contributed by atoms with Crippen molar-refractivity contribution in [3.05, 3.63) is 140 Å². The van der Waals surface area contributed by atoms with Crippen LogP contribution in [0.15, 0.2) is 95.5 Å². The van der Waals surface area contributed by atoms with Crippen molar-refractivity contribution in [2.24, 2.45) is 0 Å². The highest BCUT2D eigenvalue weighted by molar-refractivity contribution is 9.10. The first-order chi connectivity index (χ1) is 27.6. The lowest BCUT2D eigenvalue weighted by molar-refractivity contribution is 0.568. The summed E-state index contributed by atoms with van der Waals surface area (Å²) in [6, 6.07) is 33.6. The number of nitrogens with zero attached hydrogens (tertiary/aromatic N) is 2. The third-order valence-electron chi connectivity index (χ3n) is 11.7. The molecular formula is C54H57BrN4. The Bertz CT molecular complexity index is 2720. The van der Waals surface area contributed by atoms with Crippen LogP contribution in [-0.4, -0.2) is 19.9 Å². The first kappa shape index (κ1) is 40.5. The first-order valence-corrected chi connectivity index (χ1v) is 21.6. The third-order valence-corrected chi connectivity index (χ3v) is 12.5. The molecule has 2 aliphatic rings. The van der Waals surface area contributed by atoms with Crippen LogP contribution in [0.4, 0.5) is 0 Å². The molecule has 4 nitrogen and oxygen atoms in total. The summed E-state index contributed by atoms with van der Waals surface area (Å²) < 4.78 is 0.904. The molecule has 0 atom stereocenters. The van der Waals surface area contributed by atoms with Crippen LogP contribution in [0.1, 0.15) is 128 Å². The van der Waals surface area contributed by atoms with Crippen molar-refractivity contribution in [1.29, 1.82) is 0 Å². The smallest absolute Gasteiger partial charge is 0.0801 e. The zero-order valence-corrected chi connectivity index (χ0v) is 38.3. The Morgan fingerprint density at radius 1 is 0.373 bits per heavy atom. The largest absolute Gasteiger partial charge is 0.354 e. The summed E-state index contributed by atoms with van der Waals surface area (Å²) in [5, 5.41) is 0. The van der Waals surface area contributed by atoms with Crippen LogP contribution < -0.4 is 0 Å². The van der Waals surface area contributed by atoms with Gasteiger partial charge < -0.3 is 9.97 Å². The summed E-state index contributed by atoms with van der Waals surface area (Å²) >= 11 is 4.01. The van der Waals surface area contributed by atoms with Crippen LogP contribution >= 0.6 is 15.9 Å². The Labute approximate surface area is 359 Å². The van der Waals surface area contributed by atoms with Crippen LogP contribution in [0.25, 0.3) is 79.8 Å². The monoisotopic (exact) mass is 840 g/mol. The number of aromatic amines is 2. The highest BCUT2D eigenvalue weighted by Gasteiger charge is 2.25. The molecule has 2 N–H and O–H groups in total. The number of fused-ring (bicyclic) bond motifs is 8. The Balaban J connectivity index is 1.54. The fourth-order valence-electron chi connectivity index (χ4n) is 7.96. The maximum atomic E-state index is 5.54. The molecule has 0 spiro atoms. The van der Waals surface area contributed by atoms with Gasteiger partial charge in [0.2, 0.25) is 0 Å². The standard InChI is InChI=1S/C54H57BrN4/c1-51(2,3)35-26-33(27-36(30-35)52(4,5)6)48-41-20-18-39(56-41)47(32-16-14-13-15-17-32)40-19-21-42(57-40)49(34-28-37(53(7,8)9)31-38(29-34)54(10,11)12)44-23-25-46(59-44)50(55)45-24-22-43(48)58-45/h13-31,56,59H,1-12H3. The number of halogens is 1. The van der Waals surface area contributed by atoms with E-state index in [4.69, 9.17) is 9.97 Å². The molecule has 3 aromatic heterocycles. The third kappa shape index (κ3) is 7.94. The van der Waals surface area contributed by atoms with Crippen LogP contribution in [0, 0.1) is 0 Å². The number of rotatable bonds is 3. The van der Waals surface area contributed by atoms with Crippen molar-refractivity contribution in [3.8, 4) is 33.4 Å². The first-order valence-electron chi connectivity index (χ1n) is 20.9. The molecule has 6 aromatic rings. The van der Waals surface area contributed by atoms with E-state index in [0.717, 1.165) is 82.7 Å². The summed E-state index contributed by atoms with van der Waals surface area (Å²) in [6.45, 7) is 27.5. The van der Waals surface area contributed by atoms with E-state index in [0.29, 0.717) is 0 Å². The number of hydrogen-bond acceptors (Lipinski definition) is 2. The van der Waals surface area contributed by atoms with Crippen molar-refractivity contribution in [1.82, 2.24) is 19.9 Å². The quantitative estimate of drug-likeness (QED) is 0.186. The fourth-order valence-corrected chi connectivity index (χ4v) is 8.41. The maximum Gasteiger partial charge on any atom is 0.0801 e. The van der Waals surface area contributed by atoms with Gasteiger partial charge in [0.1, 0.15) is 0 Å². The molecule has 3 aromatic carbocycles. The van der Waals surface area contributed by atoms with Gasteiger partial charge in [-0.2, -0.15) is 0 Å². The van der Waals surface area contributed by atoms with Crippen molar-refractivity contribution in [2.45, 2.75) is 105 Å². The van der Waals surface area contributed by atoms with Gasteiger partial charge in [-0.05, 0) is 125 Å². The maximum absolute atomic E-state index is 5.54. The zero-order valence-electron chi connectivity index (χ0n) is 36.7. The number of H-pyrrole nitrogens is 2. The number of benzene rings is 3. The van der Waals surface area contributed by atoms with Crippen molar-refractivity contribution in [3.63, 3.8) is 0 Å². The van der Waals surface area contributed by atoms with Crippen LogP contribution in [0.3, 0.4) is 0 Å². The van der Waals surface area contributed by atoms with Crippen molar-refractivity contribution < 1.29 is 0 Å². The van der Waals surface area contributed by atoms with Gasteiger partial charge in [-0.15, -0.1) is 0 Å². The van der Waals surface area contributed by atoms with E-state index < -0.39 is 0 Å². The molecule has 0 unspecified atom stereocenters. The highest BCUT2D eigenvalue weighted by Crippen LogP contribution is 2.41. The summed E-state index contributed by atoms with van der Waals surface area (Å²) in [5.74, 6) is 0. The second-order valence-electron chi connectivity index (χ2n) is 20.4. The van der Waals surface area contributed by atoms with Gasteiger partial charge in [-0.3, -0.25) is 0 Å². The average Bonchev–Trinajstić information content (AvgIpc) is 4.00. The predicted octanol–water partition coefficient (Wildman–Crippen LogP) is 15.6. The Morgan fingerprint density at radius 3 is 1.08 bits per heavy atom. The summed E-state index contributed by atoms with van der Waals surface area (Å²) in [5.41, 5.74) is 19.1. The fraction of sp³-hybridized carbons (Fsp3) is 0.296. The number of aromatic nitrogens is 4. The molecule has 0 saturated heterocycles. The molecule has 2 aliphatic heterocycles. The predicted molar refractivity (Wildman–Crippen MR) is 258 cm³/mol. The lowest BCUT2D eigenvalue weighted by atomic mass is 9.78. The second-order valence-corrected chi connectivity index (χ2v) is 21.2. The van der Waals surface area contributed by atoms with Crippen molar-refractivity contribution >= 4 is 62.3 Å². The number of hydrogen-bond donors (Lipinski definition) is 2. The molecule has 0 fully saturated rings. The molecular weight excluding hydrogens is 785 g/mol. The molecule has 0 saturated carbocycles. The summed E-state index contributed by atoms with van der Waals surface area (Å²) in [7, 11) is 0. The van der Waals surface area contributed by atoms with Gasteiger partial charge >= 0.3 is 0 Å². The minimum atomic E-state index is -0.0455. The van der Waals surface area contributed by atoms with Crippen LogP contribution in [0.5, 0.6) is 0 Å². The van der Waals surface area contributed by atoms with Crippen LogP contribution in [0.2, 0.25) is 0 Å². The topological polar surface area (TPSA) is 57.4 Å². The van der Waals surface area contributed by atoms with E-state index in [1.807, 2.05) is 0 Å². The molecule has 8 bridgehead atoms. The van der Waals surface area contributed by atoms with Gasteiger partial charge in [0.25, 0.3) is 0 Å². The van der Waals surface area contributed by atoms with E-state index in [1.54, 1.807) is 0 Å². The molecule has 8 rings (SSSR count). The molecule has 0 aliphatic carbocycles. The molecule has 5 heterocycles. The van der Waals surface area contributed by atoms with Gasteiger partial charge in [-0.25, -0.2) is 9.97 Å². The van der Waals surface area contributed by atoms with E-state index in [9.17, 15) is 0 Å². The van der Waals surface area contributed by atoms with E-state index in [1.165, 1.54) is 22.3 Å². The van der Waals surface area contributed by atoms with Crippen molar-refractivity contribution in [2.75, 3.05) is 0 Å². The normalized spacial score (nSPS) is 13.4. The van der Waals surface area contributed by atoms with Gasteiger partial charge in [0, 0.05) is 33.2 Å². The zero-order chi connectivity index (χ0) is 42.2. The minimum absolute atomic E-state index is 0.0455. The van der Waals surface area contributed by atoms with Gasteiger partial charge in [0.15, 0.2) is 0 Å². The SMILES string of the molecule is CC(C)(C)c1cc(-c2c3nc(c(-c4ccccc4)c4ccc([nH]4)c(-c4cc(C(C)(C)C)cc(C(C)(C)C)c4)c4nc(c(Br)c5ccc2[nH]5)C=C4)C=C3)cc(C(C)(C)C)c1. The number of nitrogens with one attached hydrogen (secondary N) is 2. The van der Waals surface area contributed by atoms with Gasteiger partial charge in [-0.1, -0.05) is 150 Å². The second kappa shape index (κ2) is 14.5. The highest BCUT2D eigenvalue weighted by atomic mass is 79.9. The van der Waals surface area contributed by atoms with E-state index in [2.05, 4.69) is 224 Å². The van der Waals surface area contributed by atoms with Gasteiger partial charge in [0.05, 0.1) is 32.8 Å². The minimum Gasteiger partial charge on any atom is -0.354 e. The molecule has 300 valence electrons.